The lowest BCUT2D eigenvalue weighted by atomic mass is 10.2. The van der Waals surface area contributed by atoms with Gasteiger partial charge in [-0.1, -0.05) is 6.92 Å². The number of nitrogens with two attached hydrogens (primary N) is 1. The molecule has 2 nitrogen and oxygen atoms in total. The van der Waals surface area contributed by atoms with E-state index in [2.05, 4.69) is 25.8 Å². The standard InChI is InChI=1S/C11H20N2S2/c1-4-5-14-7-10(12)6-11-13-8(2)9(3)15-11/h10H,4-7,12H2,1-3H3. The normalized spacial score (nSPS) is 13.1. The molecular weight excluding hydrogens is 224 g/mol. The van der Waals surface area contributed by atoms with Crippen molar-refractivity contribution in [3.05, 3.63) is 15.6 Å². The molecule has 1 aromatic rings. The minimum absolute atomic E-state index is 0.256. The van der Waals surface area contributed by atoms with Crippen LogP contribution >= 0.6 is 23.1 Å². The Bertz CT molecular complexity index is 277. The van der Waals surface area contributed by atoms with Gasteiger partial charge in [0.1, 0.15) is 0 Å². The quantitative estimate of drug-likeness (QED) is 0.782. The zero-order chi connectivity index (χ0) is 11.3. The summed E-state index contributed by atoms with van der Waals surface area (Å²) in [6, 6.07) is 0.256. The molecule has 0 aliphatic carbocycles. The zero-order valence-corrected chi connectivity index (χ0v) is 11.4. The maximum atomic E-state index is 6.05. The highest BCUT2D eigenvalue weighted by molar-refractivity contribution is 7.99. The van der Waals surface area contributed by atoms with Crippen LogP contribution in [0.1, 0.15) is 28.9 Å². The molecule has 1 aromatic heterocycles. The van der Waals surface area contributed by atoms with Crippen molar-refractivity contribution in [2.75, 3.05) is 11.5 Å². The van der Waals surface area contributed by atoms with Crippen molar-refractivity contribution < 1.29 is 0 Å². The van der Waals surface area contributed by atoms with Gasteiger partial charge in [-0.3, -0.25) is 0 Å². The minimum Gasteiger partial charge on any atom is -0.327 e. The summed E-state index contributed by atoms with van der Waals surface area (Å²) in [6.45, 7) is 6.38. The van der Waals surface area contributed by atoms with E-state index in [9.17, 15) is 0 Å². The topological polar surface area (TPSA) is 38.9 Å². The Morgan fingerprint density at radius 1 is 1.47 bits per heavy atom. The molecule has 0 saturated heterocycles. The van der Waals surface area contributed by atoms with Crippen LogP contribution in [0.4, 0.5) is 0 Å². The smallest absolute Gasteiger partial charge is 0.0946 e. The Hall–Kier alpha value is -0.0600. The highest BCUT2D eigenvalue weighted by Crippen LogP contribution is 2.18. The van der Waals surface area contributed by atoms with Crippen molar-refractivity contribution >= 4 is 23.1 Å². The van der Waals surface area contributed by atoms with Gasteiger partial charge in [0.05, 0.1) is 10.7 Å². The van der Waals surface area contributed by atoms with Gasteiger partial charge in [-0.05, 0) is 26.0 Å². The van der Waals surface area contributed by atoms with Crippen LogP contribution in [0.2, 0.25) is 0 Å². The van der Waals surface area contributed by atoms with E-state index in [1.165, 1.54) is 22.1 Å². The van der Waals surface area contributed by atoms with E-state index in [-0.39, 0.29) is 6.04 Å². The van der Waals surface area contributed by atoms with Crippen LogP contribution in [0, 0.1) is 13.8 Å². The predicted molar refractivity (Wildman–Crippen MR) is 70.9 cm³/mol. The Morgan fingerprint density at radius 3 is 2.73 bits per heavy atom. The van der Waals surface area contributed by atoms with Crippen LogP contribution in [0.25, 0.3) is 0 Å². The molecule has 0 aliphatic heterocycles. The van der Waals surface area contributed by atoms with Crippen molar-refractivity contribution in [3.8, 4) is 0 Å². The number of aromatic nitrogens is 1. The third-order valence-corrected chi connectivity index (χ3v) is 4.65. The number of nitrogens with zero attached hydrogens (tertiary/aromatic N) is 1. The number of rotatable bonds is 6. The minimum atomic E-state index is 0.256. The summed E-state index contributed by atoms with van der Waals surface area (Å²) in [5.74, 6) is 2.26. The Morgan fingerprint density at radius 2 is 2.20 bits per heavy atom. The van der Waals surface area contributed by atoms with E-state index in [1.807, 2.05) is 11.8 Å². The molecule has 0 saturated carbocycles. The highest BCUT2D eigenvalue weighted by Gasteiger charge is 2.08. The molecule has 0 fully saturated rings. The van der Waals surface area contributed by atoms with Crippen molar-refractivity contribution in [1.29, 1.82) is 0 Å². The molecule has 0 aromatic carbocycles. The van der Waals surface area contributed by atoms with E-state index in [4.69, 9.17) is 5.73 Å². The second kappa shape index (κ2) is 6.51. The number of aryl methyl sites for hydroxylation is 2. The summed E-state index contributed by atoms with van der Waals surface area (Å²) in [4.78, 5) is 5.83. The van der Waals surface area contributed by atoms with E-state index >= 15 is 0 Å². The number of hydrogen-bond acceptors (Lipinski definition) is 4. The van der Waals surface area contributed by atoms with Gasteiger partial charge >= 0.3 is 0 Å². The molecule has 4 heteroatoms. The summed E-state index contributed by atoms with van der Waals surface area (Å²) >= 11 is 3.72. The van der Waals surface area contributed by atoms with Crippen LogP contribution in [-0.2, 0) is 6.42 Å². The van der Waals surface area contributed by atoms with Crippen molar-refractivity contribution in [3.63, 3.8) is 0 Å². The van der Waals surface area contributed by atoms with E-state index in [1.54, 1.807) is 11.3 Å². The van der Waals surface area contributed by atoms with E-state index < -0.39 is 0 Å². The van der Waals surface area contributed by atoms with Gasteiger partial charge in [0.15, 0.2) is 0 Å². The van der Waals surface area contributed by atoms with Crippen LogP contribution in [-0.4, -0.2) is 22.5 Å². The van der Waals surface area contributed by atoms with Crippen LogP contribution in [0.5, 0.6) is 0 Å². The van der Waals surface area contributed by atoms with Gasteiger partial charge in [-0.15, -0.1) is 11.3 Å². The zero-order valence-electron chi connectivity index (χ0n) is 9.75. The van der Waals surface area contributed by atoms with Gasteiger partial charge in [0, 0.05) is 23.1 Å². The van der Waals surface area contributed by atoms with Gasteiger partial charge in [-0.2, -0.15) is 11.8 Å². The average molecular weight is 244 g/mol. The van der Waals surface area contributed by atoms with Gasteiger partial charge < -0.3 is 5.73 Å². The van der Waals surface area contributed by atoms with Gasteiger partial charge in [-0.25, -0.2) is 4.98 Å². The second-order valence-electron chi connectivity index (χ2n) is 3.79. The molecule has 0 aliphatic rings. The molecule has 1 rings (SSSR count). The first-order valence-electron chi connectivity index (χ1n) is 5.39. The van der Waals surface area contributed by atoms with Crippen molar-refractivity contribution in [2.24, 2.45) is 5.73 Å². The molecule has 0 spiro atoms. The fraction of sp³-hybridized carbons (Fsp3) is 0.727. The molecular formula is C11H20N2S2. The maximum Gasteiger partial charge on any atom is 0.0946 e. The third kappa shape index (κ3) is 4.53. The van der Waals surface area contributed by atoms with E-state index in [0.717, 1.165) is 17.9 Å². The van der Waals surface area contributed by atoms with Crippen LogP contribution < -0.4 is 5.73 Å². The molecule has 86 valence electrons. The first kappa shape index (κ1) is 13.0. The molecule has 1 heterocycles. The summed E-state index contributed by atoms with van der Waals surface area (Å²) in [5, 5.41) is 1.19. The summed E-state index contributed by atoms with van der Waals surface area (Å²) < 4.78 is 0. The number of hydrogen-bond donors (Lipinski definition) is 1. The lowest BCUT2D eigenvalue weighted by Gasteiger charge is -2.08. The van der Waals surface area contributed by atoms with E-state index in [0.29, 0.717) is 0 Å². The van der Waals surface area contributed by atoms with Crippen LogP contribution in [0.15, 0.2) is 0 Å². The third-order valence-electron chi connectivity index (χ3n) is 2.19. The predicted octanol–water partition coefficient (Wildman–Crippen LogP) is 2.77. The van der Waals surface area contributed by atoms with Crippen molar-refractivity contribution in [2.45, 2.75) is 39.7 Å². The van der Waals surface area contributed by atoms with Gasteiger partial charge in [0.2, 0.25) is 0 Å². The second-order valence-corrected chi connectivity index (χ2v) is 6.23. The molecule has 1 atom stereocenters. The summed E-state index contributed by atoms with van der Waals surface area (Å²) in [7, 11) is 0. The molecule has 15 heavy (non-hydrogen) atoms. The first-order valence-corrected chi connectivity index (χ1v) is 7.36. The number of thiazole rings is 1. The molecule has 0 radical (unpaired) electrons. The first-order chi connectivity index (χ1) is 7.13. The average Bonchev–Trinajstić information content (AvgIpc) is 2.46. The Labute approximate surface area is 101 Å². The van der Waals surface area contributed by atoms with Gasteiger partial charge in [0.25, 0.3) is 0 Å². The SMILES string of the molecule is CCCSCC(N)Cc1nc(C)c(C)s1. The number of thioether (sulfide) groups is 1. The largest absolute Gasteiger partial charge is 0.327 e. The maximum absolute atomic E-state index is 6.05. The monoisotopic (exact) mass is 244 g/mol. The Kier molecular flexibility index (Phi) is 5.64. The lowest BCUT2D eigenvalue weighted by molar-refractivity contribution is 0.742. The summed E-state index contributed by atoms with van der Waals surface area (Å²) in [5.41, 5.74) is 7.21. The van der Waals surface area contributed by atoms with Crippen LogP contribution in [0.3, 0.4) is 0 Å². The molecule has 2 N–H and O–H groups in total. The highest BCUT2D eigenvalue weighted by atomic mass is 32.2. The molecule has 0 amide bonds. The molecule has 0 bridgehead atoms. The molecule has 1 unspecified atom stereocenters. The fourth-order valence-corrected chi connectivity index (χ4v) is 3.19. The lowest BCUT2D eigenvalue weighted by Crippen LogP contribution is -2.25. The summed E-state index contributed by atoms with van der Waals surface area (Å²) in [6.07, 6.45) is 2.16. The van der Waals surface area contributed by atoms with Crippen molar-refractivity contribution in [1.82, 2.24) is 4.98 Å². The Balaban J connectivity index is 2.34. The fourth-order valence-electron chi connectivity index (χ4n) is 1.29.